The lowest BCUT2D eigenvalue weighted by Crippen LogP contribution is -2.52. The number of hydrogen-bond acceptors (Lipinski definition) is 8. The Labute approximate surface area is 250 Å². The highest BCUT2D eigenvalue weighted by Gasteiger charge is 2.41. The molecule has 1 unspecified atom stereocenters. The van der Waals surface area contributed by atoms with Crippen LogP contribution < -0.4 is 24.8 Å². The minimum Gasteiger partial charge on any atom is -0.489 e. The van der Waals surface area contributed by atoms with Gasteiger partial charge in [-0.15, -0.1) is 0 Å². The molecular weight excluding hydrogens is 591 g/mol. The highest BCUT2D eigenvalue weighted by Crippen LogP contribution is 2.32. The Morgan fingerprint density at radius 3 is 2.26 bits per heavy atom. The number of carboxylic acids is 1. The minimum atomic E-state index is -1.32. The lowest BCUT2D eigenvalue weighted by Gasteiger charge is -2.20. The second kappa shape index (κ2) is 13.3. The van der Waals surface area contributed by atoms with Gasteiger partial charge in [0.25, 0.3) is 11.8 Å². The van der Waals surface area contributed by atoms with Crippen LogP contribution in [0.25, 0.3) is 0 Å². The molecule has 2 aliphatic heterocycles. The average Bonchev–Trinajstić information content (AvgIpc) is 3.66. The van der Waals surface area contributed by atoms with Crippen molar-refractivity contribution in [2.24, 2.45) is 0 Å². The summed E-state index contributed by atoms with van der Waals surface area (Å²) in [6, 6.07) is 15.9. The molecule has 0 aromatic heterocycles. The van der Waals surface area contributed by atoms with E-state index in [9.17, 15) is 19.5 Å². The average molecular weight is 617 g/mol. The van der Waals surface area contributed by atoms with Crippen molar-refractivity contribution in [3.05, 3.63) is 87.4 Å². The lowest BCUT2D eigenvalue weighted by molar-refractivity contribution is -0.144. The largest absolute Gasteiger partial charge is 0.489 e. The number of aliphatic carboxylic acids is 1. The van der Waals surface area contributed by atoms with Crippen LogP contribution in [0.5, 0.6) is 17.2 Å². The summed E-state index contributed by atoms with van der Waals surface area (Å²) in [5.74, 6) is -0.893. The molecule has 0 saturated carbocycles. The van der Waals surface area contributed by atoms with E-state index in [1.165, 1.54) is 0 Å². The summed E-state index contributed by atoms with van der Waals surface area (Å²) < 4.78 is 27.0. The van der Waals surface area contributed by atoms with Gasteiger partial charge in [-0.1, -0.05) is 47.5 Å². The Morgan fingerprint density at radius 1 is 0.881 bits per heavy atom. The number of carbonyl (C=O) groups is 3. The summed E-state index contributed by atoms with van der Waals surface area (Å²) in [5, 5.41) is 15.9. The van der Waals surface area contributed by atoms with Crippen molar-refractivity contribution in [2.45, 2.75) is 37.8 Å². The SMILES string of the molecule is O=C(O)C(Cc1ccc(OCc2c(Cl)cccc2Cl)cc1)NC(=O)[C@@H]1OCO[C@H]1C(=O)NCc1ccc2c(c1)OCO2. The highest BCUT2D eigenvalue weighted by atomic mass is 35.5. The third-order valence-corrected chi connectivity index (χ3v) is 7.32. The molecule has 2 heterocycles. The molecule has 2 aliphatic rings. The predicted molar refractivity (Wildman–Crippen MR) is 150 cm³/mol. The third kappa shape index (κ3) is 7.05. The van der Waals surface area contributed by atoms with E-state index in [4.69, 9.17) is 46.9 Å². The van der Waals surface area contributed by atoms with E-state index in [0.29, 0.717) is 38.4 Å². The van der Waals surface area contributed by atoms with Crippen molar-refractivity contribution in [2.75, 3.05) is 13.6 Å². The van der Waals surface area contributed by atoms with E-state index in [2.05, 4.69) is 10.6 Å². The number of hydrogen-bond donors (Lipinski definition) is 3. The molecule has 5 rings (SSSR count). The third-order valence-electron chi connectivity index (χ3n) is 6.61. The molecule has 0 radical (unpaired) electrons. The molecule has 220 valence electrons. The summed E-state index contributed by atoms with van der Waals surface area (Å²) in [6.45, 7) is 0.137. The van der Waals surface area contributed by atoms with Crippen molar-refractivity contribution >= 4 is 41.0 Å². The standard InChI is InChI=1S/C29H26Cl2N2O9/c30-20-2-1-3-21(31)19(20)13-38-18-7-4-16(5-8-18)10-22(29(36)37)33-28(35)26-25(41-15-42-26)27(34)32-12-17-6-9-23-24(11-17)40-14-39-23/h1-9,11,22,25-26H,10,12-15H2,(H,32,34)(H,33,35)(H,36,37)/t22?,25-,26-/m1/s1. The van der Waals surface area contributed by atoms with Gasteiger partial charge in [-0.2, -0.15) is 0 Å². The first-order valence-electron chi connectivity index (χ1n) is 12.9. The Bertz CT molecular complexity index is 1450. The van der Waals surface area contributed by atoms with Gasteiger partial charge in [0.1, 0.15) is 25.2 Å². The smallest absolute Gasteiger partial charge is 0.326 e. The van der Waals surface area contributed by atoms with Crippen LogP contribution in [-0.4, -0.2) is 54.7 Å². The van der Waals surface area contributed by atoms with Crippen LogP contribution in [0.3, 0.4) is 0 Å². The van der Waals surface area contributed by atoms with Crippen LogP contribution in [0, 0.1) is 0 Å². The number of rotatable bonds is 11. The second-order valence-corrected chi connectivity index (χ2v) is 10.2. The number of nitrogens with one attached hydrogen (secondary N) is 2. The van der Waals surface area contributed by atoms with Crippen molar-refractivity contribution < 1.29 is 43.2 Å². The number of carbonyl (C=O) groups excluding carboxylic acids is 2. The Kier molecular flexibility index (Phi) is 9.33. The number of amides is 2. The lowest BCUT2D eigenvalue weighted by atomic mass is 10.0. The van der Waals surface area contributed by atoms with E-state index >= 15 is 0 Å². The normalized spacial score (nSPS) is 17.9. The molecule has 1 saturated heterocycles. The number of fused-ring (bicyclic) bond motifs is 1. The molecule has 0 aliphatic carbocycles. The van der Waals surface area contributed by atoms with Gasteiger partial charge in [0, 0.05) is 28.6 Å². The molecule has 2 amide bonds. The van der Waals surface area contributed by atoms with Crippen LogP contribution >= 0.6 is 23.2 Å². The van der Waals surface area contributed by atoms with Gasteiger partial charge in [0.15, 0.2) is 23.7 Å². The quantitative estimate of drug-likeness (QED) is 0.295. The maximum Gasteiger partial charge on any atom is 0.326 e. The summed E-state index contributed by atoms with van der Waals surface area (Å²) in [4.78, 5) is 37.7. The van der Waals surface area contributed by atoms with Gasteiger partial charge in [-0.05, 0) is 47.5 Å². The summed E-state index contributed by atoms with van der Waals surface area (Å²) >= 11 is 12.4. The van der Waals surface area contributed by atoms with Crippen LogP contribution in [0.4, 0.5) is 0 Å². The molecule has 42 heavy (non-hydrogen) atoms. The van der Waals surface area contributed by atoms with Crippen molar-refractivity contribution in [1.29, 1.82) is 0 Å². The van der Waals surface area contributed by atoms with Crippen molar-refractivity contribution in [1.82, 2.24) is 10.6 Å². The van der Waals surface area contributed by atoms with E-state index in [1.807, 2.05) is 0 Å². The Balaban J connectivity index is 1.14. The van der Waals surface area contributed by atoms with Gasteiger partial charge in [-0.3, -0.25) is 9.59 Å². The first-order chi connectivity index (χ1) is 20.3. The van der Waals surface area contributed by atoms with E-state index < -0.39 is 36.0 Å². The first-order valence-corrected chi connectivity index (χ1v) is 13.6. The topological polar surface area (TPSA) is 142 Å². The summed E-state index contributed by atoms with van der Waals surface area (Å²) in [6.07, 6.45) is -2.60. The number of carboxylic acid groups (broad SMARTS) is 1. The fraction of sp³-hybridized carbons (Fsp3) is 0.276. The van der Waals surface area contributed by atoms with Crippen LogP contribution in [-0.2, 0) is 43.4 Å². The molecule has 3 N–H and O–H groups in total. The summed E-state index contributed by atoms with van der Waals surface area (Å²) in [7, 11) is 0. The molecule has 13 heteroatoms. The number of halogens is 2. The monoisotopic (exact) mass is 616 g/mol. The fourth-order valence-corrected chi connectivity index (χ4v) is 4.87. The van der Waals surface area contributed by atoms with Gasteiger partial charge in [-0.25, -0.2) is 4.79 Å². The zero-order valence-corrected chi connectivity index (χ0v) is 23.5. The molecule has 3 atom stereocenters. The van der Waals surface area contributed by atoms with Crippen LogP contribution in [0.2, 0.25) is 10.0 Å². The van der Waals surface area contributed by atoms with E-state index in [1.54, 1.807) is 60.7 Å². The number of ether oxygens (including phenoxy) is 5. The fourth-order valence-electron chi connectivity index (χ4n) is 4.36. The van der Waals surface area contributed by atoms with Gasteiger partial charge in [0.2, 0.25) is 6.79 Å². The summed E-state index contributed by atoms with van der Waals surface area (Å²) in [5.41, 5.74) is 2.03. The predicted octanol–water partition coefficient (Wildman–Crippen LogP) is 3.47. The zero-order chi connectivity index (χ0) is 29.6. The molecule has 0 bridgehead atoms. The first kappa shape index (κ1) is 29.5. The maximum atomic E-state index is 13.0. The minimum absolute atomic E-state index is 0.0216. The van der Waals surface area contributed by atoms with Gasteiger partial charge >= 0.3 is 5.97 Å². The zero-order valence-electron chi connectivity index (χ0n) is 22.0. The molecule has 1 fully saturated rings. The number of benzene rings is 3. The molecule has 11 nitrogen and oxygen atoms in total. The van der Waals surface area contributed by atoms with Crippen LogP contribution in [0.15, 0.2) is 60.7 Å². The van der Waals surface area contributed by atoms with E-state index in [-0.39, 0.29) is 33.2 Å². The highest BCUT2D eigenvalue weighted by molar-refractivity contribution is 6.35. The maximum absolute atomic E-state index is 13.0. The Morgan fingerprint density at radius 2 is 1.55 bits per heavy atom. The van der Waals surface area contributed by atoms with E-state index in [0.717, 1.165) is 5.56 Å². The van der Waals surface area contributed by atoms with Crippen molar-refractivity contribution in [3.63, 3.8) is 0 Å². The molecular formula is C29H26Cl2N2O9. The van der Waals surface area contributed by atoms with Gasteiger partial charge in [0.05, 0.1) is 0 Å². The van der Waals surface area contributed by atoms with Crippen molar-refractivity contribution in [3.8, 4) is 17.2 Å². The van der Waals surface area contributed by atoms with Crippen LogP contribution in [0.1, 0.15) is 16.7 Å². The molecule has 3 aromatic rings. The molecule has 3 aromatic carbocycles. The van der Waals surface area contributed by atoms with Gasteiger partial charge < -0.3 is 39.4 Å². The second-order valence-electron chi connectivity index (χ2n) is 9.43. The molecule has 0 spiro atoms. The Hall–Kier alpha value is -4.03.